The van der Waals surface area contributed by atoms with Crippen molar-refractivity contribution in [3.05, 3.63) is 35.4 Å². The average molecular weight is 246 g/mol. The van der Waals surface area contributed by atoms with Crippen LogP contribution in [0.5, 0.6) is 0 Å². The van der Waals surface area contributed by atoms with Crippen LogP contribution in [0.2, 0.25) is 0 Å². The SMILES string of the molecule is Cc1ccccc1CN1C(=O)OC2CCNCC21. The number of aryl methyl sites for hydroxylation is 1. The third-order valence-corrected chi connectivity index (χ3v) is 3.88. The topological polar surface area (TPSA) is 41.6 Å². The molecule has 0 aromatic heterocycles. The average Bonchev–Trinajstić information content (AvgIpc) is 2.69. The molecular formula is C14H18N2O2. The number of amides is 1. The fourth-order valence-electron chi connectivity index (χ4n) is 2.75. The molecule has 0 bridgehead atoms. The van der Waals surface area contributed by atoms with Gasteiger partial charge in [0, 0.05) is 13.1 Å². The highest BCUT2D eigenvalue weighted by molar-refractivity contribution is 5.71. The Morgan fingerprint density at radius 1 is 1.44 bits per heavy atom. The van der Waals surface area contributed by atoms with E-state index < -0.39 is 0 Å². The highest BCUT2D eigenvalue weighted by Gasteiger charge is 2.42. The van der Waals surface area contributed by atoms with Gasteiger partial charge in [0.15, 0.2) is 0 Å². The first-order chi connectivity index (χ1) is 8.75. The molecule has 0 radical (unpaired) electrons. The van der Waals surface area contributed by atoms with E-state index in [-0.39, 0.29) is 18.2 Å². The number of hydrogen-bond acceptors (Lipinski definition) is 3. The molecule has 1 N–H and O–H groups in total. The summed E-state index contributed by atoms with van der Waals surface area (Å²) >= 11 is 0. The molecule has 4 nitrogen and oxygen atoms in total. The predicted molar refractivity (Wildman–Crippen MR) is 68.3 cm³/mol. The second kappa shape index (κ2) is 4.61. The lowest BCUT2D eigenvalue weighted by atomic mass is 10.0. The second-order valence-corrected chi connectivity index (χ2v) is 5.04. The number of hydrogen-bond donors (Lipinski definition) is 1. The van der Waals surface area contributed by atoms with Crippen LogP contribution in [0.1, 0.15) is 17.5 Å². The van der Waals surface area contributed by atoms with Gasteiger partial charge in [-0.15, -0.1) is 0 Å². The molecule has 2 heterocycles. The van der Waals surface area contributed by atoms with Crippen molar-refractivity contribution in [2.24, 2.45) is 0 Å². The van der Waals surface area contributed by atoms with Crippen LogP contribution in [-0.4, -0.2) is 36.2 Å². The number of fused-ring (bicyclic) bond motifs is 1. The number of piperidine rings is 1. The first kappa shape index (κ1) is 11.5. The van der Waals surface area contributed by atoms with Crippen molar-refractivity contribution in [3.8, 4) is 0 Å². The van der Waals surface area contributed by atoms with E-state index in [9.17, 15) is 4.79 Å². The normalized spacial score (nSPS) is 26.9. The third kappa shape index (κ3) is 1.97. The van der Waals surface area contributed by atoms with E-state index in [1.54, 1.807) is 0 Å². The molecule has 2 aliphatic rings. The molecule has 4 heteroatoms. The molecule has 1 aromatic rings. The summed E-state index contributed by atoms with van der Waals surface area (Å²) in [6.45, 7) is 4.50. The van der Waals surface area contributed by atoms with Crippen molar-refractivity contribution in [1.29, 1.82) is 0 Å². The maximum absolute atomic E-state index is 11.9. The van der Waals surface area contributed by atoms with Gasteiger partial charge in [-0.2, -0.15) is 0 Å². The fourth-order valence-corrected chi connectivity index (χ4v) is 2.75. The van der Waals surface area contributed by atoms with Crippen LogP contribution < -0.4 is 5.32 Å². The van der Waals surface area contributed by atoms with Gasteiger partial charge >= 0.3 is 6.09 Å². The lowest BCUT2D eigenvalue weighted by molar-refractivity contribution is 0.117. The van der Waals surface area contributed by atoms with Crippen molar-refractivity contribution < 1.29 is 9.53 Å². The molecule has 1 aromatic carbocycles. The van der Waals surface area contributed by atoms with Gasteiger partial charge in [0.2, 0.25) is 0 Å². The van der Waals surface area contributed by atoms with Gasteiger partial charge < -0.3 is 10.1 Å². The largest absolute Gasteiger partial charge is 0.444 e. The van der Waals surface area contributed by atoms with Crippen LogP contribution in [0.3, 0.4) is 0 Å². The minimum atomic E-state index is -0.169. The highest BCUT2D eigenvalue weighted by Crippen LogP contribution is 2.26. The maximum atomic E-state index is 11.9. The summed E-state index contributed by atoms with van der Waals surface area (Å²) in [6.07, 6.45) is 0.820. The van der Waals surface area contributed by atoms with Crippen molar-refractivity contribution >= 4 is 6.09 Å². The molecule has 2 saturated heterocycles. The summed E-state index contributed by atoms with van der Waals surface area (Å²) in [4.78, 5) is 13.8. The summed E-state index contributed by atoms with van der Waals surface area (Å²) < 4.78 is 5.44. The Morgan fingerprint density at radius 3 is 3.11 bits per heavy atom. The number of ether oxygens (including phenoxy) is 1. The minimum absolute atomic E-state index is 0.0720. The maximum Gasteiger partial charge on any atom is 0.410 e. The van der Waals surface area contributed by atoms with Crippen LogP contribution in [0.15, 0.2) is 24.3 Å². The molecule has 1 amide bonds. The van der Waals surface area contributed by atoms with Gasteiger partial charge in [-0.25, -0.2) is 4.79 Å². The first-order valence-corrected chi connectivity index (χ1v) is 6.48. The molecule has 0 saturated carbocycles. The molecule has 2 atom stereocenters. The molecule has 18 heavy (non-hydrogen) atoms. The van der Waals surface area contributed by atoms with Crippen molar-refractivity contribution in [2.75, 3.05) is 13.1 Å². The Labute approximate surface area is 107 Å². The number of benzene rings is 1. The Hall–Kier alpha value is -1.55. The summed E-state index contributed by atoms with van der Waals surface area (Å²) in [6, 6.07) is 8.37. The van der Waals surface area contributed by atoms with Crippen molar-refractivity contribution in [2.45, 2.75) is 32.0 Å². The zero-order valence-corrected chi connectivity index (χ0v) is 10.6. The van der Waals surface area contributed by atoms with E-state index >= 15 is 0 Å². The summed E-state index contributed by atoms with van der Waals surface area (Å²) in [5, 5.41) is 3.33. The van der Waals surface area contributed by atoms with E-state index in [0.29, 0.717) is 6.54 Å². The highest BCUT2D eigenvalue weighted by atomic mass is 16.6. The monoisotopic (exact) mass is 246 g/mol. The molecule has 2 aliphatic heterocycles. The standard InChI is InChI=1S/C14H18N2O2/c1-10-4-2-3-5-11(10)9-16-12-8-15-7-6-13(12)18-14(16)17/h2-5,12-13,15H,6-9H2,1H3. The molecular weight excluding hydrogens is 228 g/mol. The van der Waals surface area contributed by atoms with Crippen LogP contribution in [0.4, 0.5) is 4.79 Å². The number of rotatable bonds is 2. The quantitative estimate of drug-likeness (QED) is 0.863. The van der Waals surface area contributed by atoms with E-state index in [2.05, 4.69) is 24.4 Å². The van der Waals surface area contributed by atoms with Gasteiger partial charge in [-0.1, -0.05) is 24.3 Å². The molecule has 0 spiro atoms. The summed E-state index contributed by atoms with van der Waals surface area (Å²) in [7, 11) is 0. The van der Waals surface area contributed by atoms with Crippen LogP contribution in [-0.2, 0) is 11.3 Å². The van der Waals surface area contributed by atoms with Crippen molar-refractivity contribution in [3.63, 3.8) is 0 Å². The Kier molecular flexibility index (Phi) is 2.96. The Bertz CT molecular complexity index is 461. The van der Waals surface area contributed by atoms with Crippen LogP contribution in [0.25, 0.3) is 0 Å². The van der Waals surface area contributed by atoms with Gasteiger partial charge in [0.25, 0.3) is 0 Å². The Morgan fingerprint density at radius 2 is 2.28 bits per heavy atom. The number of nitrogens with one attached hydrogen (secondary N) is 1. The second-order valence-electron chi connectivity index (χ2n) is 5.04. The predicted octanol–water partition coefficient (Wildman–Crippen LogP) is 1.68. The third-order valence-electron chi connectivity index (χ3n) is 3.88. The summed E-state index contributed by atoms with van der Waals surface area (Å²) in [5.41, 5.74) is 2.41. The number of carbonyl (C=O) groups is 1. The molecule has 2 fully saturated rings. The van der Waals surface area contributed by atoms with E-state index in [0.717, 1.165) is 19.5 Å². The summed E-state index contributed by atoms with van der Waals surface area (Å²) in [5.74, 6) is 0. The van der Waals surface area contributed by atoms with Crippen LogP contribution in [0, 0.1) is 6.92 Å². The number of nitrogens with zero attached hydrogens (tertiary/aromatic N) is 1. The van der Waals surface area contributed by atoms with Crippen LogP contribution >= 0.6 is 0 Å². The molecule has 2 unspecified atom stereocenters. The Balaban J connectivity index is 1.79. The zero-order valence-electron chi connectivity index (χ0n) is 10.6. The van der Waals surface area contributed by atoms with Gasteiger partial charge in [0.1, 0.15) is 6.10 Å². The number of carbonyl (C=O) groups excluding carboxylic acids is 1. The van der Waals surface area contributed by atoms with E-state index in [1.165, 1.54) is 11.1 Å². The lowest BCUT2D eigenvalue weighted by Crippen LogP contribution is -2.48. The lowest BCUT2D eigenvalue weighted by Gasteiger charge is -2.29. The van der Waals surface area contributed by atoms with Gasteiger partial charge in [-0.05, 0) is 31.0 Å². The van der Waals surface area contributed by atoms with E-state index in [4.69, 9.17) is 4.74 Å². The molecule has 3 rings (SSSR count). The van der Waals surface area contributed by atoms with Gasteiger partial charge in [-0.3, -0.25) is 4.90 Å². The molecule has 0 aliphatic carbocycles. The zero-order chi connectivity index (χ0) is 12.5. The van der Waals surface area contributed by atoms with E-state index in [1.807, 2.05) is 17.0 Å². The molecule has 96 valence electrons. The fraction of sp³-hybridized carbons (Fsp3) is 0.500. The minimum Gasteiger partial charge on any atom is -0.444 e. The first-order valence-electron chi connectivity index (χ1n) is 6.48. The van der Waals surface area contributed by atoms with Gasteiger partial charge in [0.05, 0.1) is 6.04 Å². The van der Waals surface area contributed by atoms with Crippen molar-refractivity contribution in [1.82, 2.24) is 10.2 Å². The smallest absolute Gasteiger partial charge is 0.410 e.